The number of fused-ring (bicyclic) bond motifs is 1. The van der Waals surface area contributed by atoms with E-state index >= 15 is 0 Å². The zero-order chi connectivity index (χ0) is 5.56. The molecule has 2 aliphatic carbocycles. The Balaban J connectivity index is 2.19. The van der Waals surface area contributed by atoms with Crippen LogP contribution in [0.5, 0.6) is 0 Å². The smallest absolute Gasteiger partial charge is 0.0689 e. The van der Waals surface area contributed by atoms with E-state index < -0.39 is 0 Å². The maximum Gasteiger partial charge on any atom is 0.0689 e. The van der Waals surface area contributed by atoms with E-state index in [2.05, 4.69) is 11.8 Å². The minimum absolute atomic E-state index is 0.0961. The number of aliphatic hydroxyl groups excluding tert-OH is 1. The molecule has 0 aromatic rings. The van der Waals surface area contributed by atoms with Crippen LogP contribution in [0.2, 0.25) is 0 Å². The predicted molar refractivity (Wildman–Crippen MR) is 30.0 cm³/mol. The van der Waals surface area contributed by atoms with Crippen molar-refractivity contribution in [3.63, 3.8) is 0 Å². The van der Waals surface area contributed by atoms with E-state index in [0.29, 0.717) is 18.3 Å². The normalized spacial score (nSPS) is 48.9. The molecule has 0 aliphatic heterocycles. The third kappa shape index (κ3) is 0.468. The number of hydrogen-bond acceptors (Lipinski definition) is 1. The van der Waals surface area contributed by atoms with Gasteiger partial charge in [0.2, 0.25) is 0 Å². The van der Waals surface area contributed by atoms with Gasteiger partial charge in [0.05, 0.1) is 6.10 Å². The average Bonchev–Trinajstić information content (AvgIpc) is 2.45. The van der Waals surface area contributed by atoms with Crippen LogP contribution < -0.4 is 0 Å². The van der Waals surface area contributed by atoms with Gasteiger partial charge in [-0.25, -0.2) is 0 Å². The Hall–Kier alpha value is -0.480. The summed E-state index contributed by atoms with van der Waals surface area (Å²) in [4.78, 5) is 0. The zero-order valence-electron chi connectivity index (χ0n) is 4.59. The molecular formula is C7H8O. The summed E-state index contributed by atoms with van der Waals surface area (Å²) >= 11 is 0. The van der Waals surface area contributed by atoms with Crippen molar-refractivity contribution >= 4 is 0 Å². The molecule has 0 bridgehead atoms. The van der Waals surface area contributed by atoms with Crippen LogP contribution in [0, 0.1) is 23.7 Å². The molecule has 3 unspecified atom stereocenters. The van der Waals surface area contributed by atoms with Crippen LogP contribution in [0.25, 0.3) is 0 Å². The second-order valence-electron chi connectivity index (χ2n) is 2.60. The molecule has 0 spiro atoms. The standard InChI is InChI=1S/C7H8O/c8-7-3-1-2-5-4-6(5)7/h5-8H,3-4H2. The SMILES string of the molecule is OC1CC#CC2CC12. The van der Waals surface area contributed by atoms with E-state index in [-0.39, 0.29) is 6.10 Å². The highest BCUT2D eigenvalue weighted by atomic mass is 16.3. The van der Waals surface area contributed by atoms with Crippen LogP contribution >= 0.6 is 0 Å². The third-order valence-electron chi connectivity index (χ3n) is 1.93. The summed E-state index contributed by atoms with van der Waals surface area (Å²) in [6.45, 7) is 0. The first-order valence-corrected chi connectivity index (χ1v) is 3.04. The second kappa shape index (κ2) is 1.27. The molecule has 3 atom stereocenters. The lowest BCUT2D eigenvalue weighted by Gasteiger charge is -2.05. The van der Waals surface area contributed by atoms with Crippen molar-refractivity contribution < 1.29 is 5.11 Å². The van der Waals surface area contributed by atoms with Gasteiger partial charge in [-0.3, -0.25) is 0 Å². The highest BCUT2D eigenvalue weighted by Gasteiger charge is 2.42. The molecule has 2 rings (SSSR count). The van der Waals surface area contributed by atoms with Crippen LogP contribution in [-0.2, 0) is 0 Å². The monoisotopic (exact) mass is 108 g/mol. The molecule has 2 aliphatic rings. The summed E-state index contributed by atoms with van der Waals surface area (Å²) in [6.07, 6.45) is 1.76. The largest absolute Gasteiger partial charge is 0.392 e. The van der Waals surface area contributed by atoms with Gasteiger partial charge in [0.25, 0.3) is 0 Å². The topological polar surface area (TPSA) is 20.2 Å². The third-order valence-corrected chi connectivity index (χ3v) is 1.93. The maximum atomic E-state index is 9.12. The van der Waals surface area contributed by atoms with Crippen molar-refractivity contribution in [2.45, 2.75) is 18.9 Å². The Morgan fingerprint density at radius 1 is 1.50 bits per heavy atom. The van der Waals surface area contributed by atoms with Gasteiger partial charge in [0.1, 0.15) is 0 Å². The van der Waals surface area contributed by atoms with E-state index in [1.807, 2.05) is 0 Å². The minimum atomic E-state index is -0.0961. The minimum Gasteiger partial charge on any atom is -0.392 e. The number of rotatable bonds is 0. The van der Waals surface area contributed by atoms with Crippen molar-refractivity contribution in [1.82, 2.24) is 0 Å². The molecule has 42 valence electrons. The van der Waals surface area contributed by atoms with Gasteiger partial charge in [-0.2, -0.15) is 0 Å². The van der Waals surface area contributed by atoms with Gasteiger partial charge in [-0.05, 0) is 6.42 Å². The van der Waals surface area contributed by atoms with E-state index in [1.54, 1.807) is 0 Å². The number of hydrogen-bond donors (Lipinski definition) is 1. The van der Waals surface area contributed by atoms with Crippen LogP contribution in [0.3, 0.4) is 0 Å². The lowest BCUT2D eigenvalue weighted by molar-refractivity contribution is 0.151. The average molecular weight is 108 g/mol. The Kier molecular flexibility index (Phi) is 0.698. The van der Waals surface area contributed by atoms with Crippen LogP contribution in [0.1, 0.15) is 12.8 Å². The van der Waals surface area contributed by atoms with Gasteiger partial charge in [-0.15, -0.1) is 5.92 Å². The summed E-state index contributed by atoms with van der Waals surface area (Å²) in [6, 6.07) is 0. The van der Waals surface area contributed by atoms with Crippen LogP contribution in [-0.4, -0.2) is 11.2 Å². The Bertz CT molecular complexity index is 163. The van der Waals surface area contributed by atoms with Gasteiger partial charge < -0.3 is 5.11 Å². The fraction of sp³-hybridized carbons (Fsp3) is 0.714. The molecule has 0 aromatic carbocycles. The van der Waals surface area contributed by atoms with Crippen LogP contribution in [0.15, 0.2) is 0 Å². The number of aliphatic hydroxyl groups is 1. The van der Waals surface area contributed by atoms with Gasteiger partial charge >= 0.3 is 0 Å². The first kappa shape index (κ1) is 4.40. The van der Waals surface area contributed by atoms with E-state index in [0.717, 1.165) is 6.42 Å². The summed E-state index contributed by atoms with van der Waals surface area (Å²) in [5, 5.41) is 9.12. The van der Waals surface area contributed by atoms with Crippen molar-refractivity contribution in [2.24, 2.45) is 11.8 Å². The Morgan fingerprint density at radius 2 is 2.38 bits per heavy atom. The van der Waals surface area contributed by atoms with Crippen molar-refractivity contribution in [2.75, 3.05) is 0 Å². The molecular weight excluding hydrogens is 100 g/mol. The first-order chi connectivity index (χ1) is 3.88. The molecule has 1 nitrogen and oxygen atoms in total. The lowest BCUT2D eigenvalue weighted by Crippen LogP contribution is -2.11. The highest BCUT2D eigenvalue weighted by molar-refractivity contribution is 5.20. The zero-order valence-corrected chi connectivity index (χ0v) is 4.59. The molecule has 0 heterocycles. The fourth-order valence-electron chi connectivity index (χ4n) is 1.25. The van der Waals surface area contributed by atoms with Gasteiger partial charge in [0.15, 0.2) is 0 Å². The van der Waals surface area contributed by atoms with E-state index in [1.165, 1.54) is 0 Å². The van der Waals surface area contributed by atoms with Crippen molar-refractivity contribution in [3.05, 3.63) is 0 Å². The summed E-state index contributed by atoms with van der Waals surface area (Å²) in [5.74, 6) is 7.12. The quantitative estimate of drug-likeness (QED) is 0.445. The van der Waals surface area contributed by atoms with Crippen LogP contribution in [0.4, 0.5) is 0 Å². The fourth-order valence-corrected chi connectivity index (χ4v) is 1.25. The predicted octanol–water partition coefficient (Wildman–Crippen LogP) is 0.390. The molecule has 1 saturated carbocycles. The molecule has 0 saturated heterocycles. The molecule has 0 aromatic heterocycles. The molecule has 1 fully saturated rings. The van der Waals surface area contributed by atoms with E-state index in [9.17, 15) is 0 Å². The second-order valence-corrected chi connectivity index (χ2v) is 2.60. The summed E-state index contributed by atoms with van der Waals surface area (Å²) in [5.41, 5.74) is 0. The molecule has 0 radical (unpaired) electrons. The summed E-state index contributed by atoms with van der Waals surface area (Å²) in [7, 11) is 0. The maximum absolute atomic E-state index is 9.12. The Morgan fingerprint density at radius 3 is 3.00 bits per heavy atom. The lowest BCUT2D eigenvalue weighted by atomic mass is 10.1. The molecule has 0 amide bonds. The van der Waals surface area contributed by atoms with Gasteiger partial charge in [0, 0.05) is 18.3 Å². The Labute approximate surface area is 48.7 Å². The molecule has 1 heteroatoms. The molecule has 8 heavy (non-hydrogen) atoms. The van der Waals surface area contributed by atoms with Crippen molar-refractivity contribution in [1.29, 1.82) is 0 Å². The first-order valence-electron chi connectivity index (χ1n) is 3.04. The van der Waals surface area contributed by atoms with Crippen molar-refractivity contribution in [3.8, 4) is 11.8 Å². The van der Waals surface area contributed by atoms with E-state index in [4.69, 9.17) is 5.11 Å². The van der Waals surface area contributed by atoms with Gasteiger partial charge in [-0.1, -0.05) is 5.92 Å². The summed E-state index contributed by atoms with van der Waals surface area (Å²) < 4.78 is 0. The highest BCUT2D eigenvalue weighted by Crippen LogP contribution is 2.43. The molecule has 1 N–H and O–H groups in total.